The van der Waals surface area contributed by atoms with Gasteiger partial charge in [0.05, 0.1) is 5.41 Å². The van der Waals surface area contributed by atoms with Crippen LogP contribution in [0.3, 0.4) is 0 Å². The van der Waals surface area contributed by atoms with Gasteiger partial charge in [-0.3, -0.25) is 4.79 Å². The van der Waals surface area contributed by atoms with Crippen molar-refractivity contribution in [2.24, 2.45) is 11.1 Å². The van der Waals surface area contributed by atoms with E-state index in [4.69, 9.17) is 5.73 Å². The van der Waals surface area contributed by atoms with Crippen molar-refractivity contribution in [1.82, 2.24) is 14.6 Å². The van der Waals surface area contributed by atoms with Gasteiger partial charge in [-0.2, -0.15) is 17.6 Å². The number of thiol groups is 1. The minimum absolute atomic E-state index is 0.231. The van der Waals surface area contributed by atoms with Crippen LogP contribution >= 0.6 is 12.6 Å². The molecule has 1 aromatic carbocycles. The summed E-state index contributed by atoms with van der Waals surface area (Å²) in [5.41, 5.74) is 7.34. The van der Waals surface area contributed by atoms with Crippen molar-refractivity contribution in [3.63, 3.8) is 0 Å². The fraction of sp³-hybridized carbons (Fsp3) is 0.278. The predicted octanol–water partition coefficient (Wildman–Crippen LogP) is 2.83. The molecule has 0 bridgehead atoms. The van der Waals surface area contributed by atoms with Gasteiger partial charge in [-0.05, 0) is 38.1 Å². The number of hydrogen-bond donors (Lipinski definition) is 3. The molecule has 1 unspecified atom stereocenters. The standard InChI is InChI=1S/C18H21N5OS/c1-18(2,16(19)24)14(25)11-13-9-6-10-15-21-17(22-23(13)15)20-12-7-4-3-5-8-12/h3-10,14,25H,11H2,1-2H3,(H2,19,24)(H,20,22). The van der Waals surface area contributed by atoms with Gasteiger partial charge in [0.25, 0.3) is 0 Å². The van der Waals surface area contributed by atoms with E-state index in [-0.39, 0.29) is 11.2 Å². The number of pyridine rings is 1. The molecule has 0 fully saturated rings. The second kappa shape index (κ2) is 6.76. The number of carbonyl (C=O) groups is 1. The topological polar surface area (TPSA) is 85.3 Å². The number of amides is 1. The number of nitrogens with two attached hydrogens (primary N) is 1. The zero-order chi connectivity index (χ0) is 18.0. The first-order valence-corrected chi connectivity index (χ1v) is 8.54. The van der Waals surface area contributed by atoms with Gasteiger partial charge in [-0.25, -0.2) is 4.52 Å². The molecule has 0 aliphatic carbocycles. The van der Waals surface area contributed by atoms with Crippen molar-refractivity contribution in [2.75, 3.05) is 5.32 Å². The Morgan fingerprint density at radius 1 is 1.24 bits per heavy atom. The quantitative estimate of drug-likeness (QED) is 0.594. The summed E-state index contributed by atoms with van der Waals surface area (Å²) < 4.78 is 1.77. The summed E-state index contributed by atoms with van der Waals surface area (Å²) in [6, 6.07) is 15.5. The van der Waals surface area contributed by atoms with Gasteiger partial charge in [-0.15, -0.1) is 5.10 Å². The number of benzene rings is 1. The summed E-state index contributed by atoms with van der Waals surface area (Å²) >= 11 is 4.60. The van der Waals surface area contributed by atoms with E-state index in [2.05, 4.69) is 28.0 Å². The molecule has 3 N–H and O–H groups in total. The van der Waals surface area contributed by atoms with Crippen LogP contribution in [-0.2, 0) is 11.2 Å². The summed E-state index contributed by atoms with van der Waals surface area (Å²) in [7, 11) is 0. The number of carbonyl (C=O) groups excluding carboxylic acids is 1. The zero-order valence-electron chi connectivity index (χ0n) is 14.2. The summed E-state index contributed by atoms with van der Waals surface area (Å²) in [4.78, 5) is 16.1. The molecular weight excluding hydrogens is 334 g/mol. The maximum Gasteiger partial charge on any atom is 0.247 e. The van der Waals surface area contributed by atoms with E-state index >= 15 is 0 Å². The molecule has 0 radical (unpaired) electrons. The molecule has 1 amide bonds. The summed E-state index contributed by atoms with van der Waals surface area (Å²) in [5, 5.41) is 7.49. The van der Waals surface area contributed by atoms with Crippen molar-refractivity contribution < 1.29 is 4.79 Å². The first-order chi connectivity index (χ1) is 11.9. The molecule has 1 atom stereocenters. The Morgan fingerprint density at radius 3 is 2.64 bits per heavy atom. The Bertz CT molecular complexity index is 891. The molecule has 0 saturated carbocycles. The molecule has 0 aliphatic rings. The lowest BCUT2D eigenvalue weighted by Gasteiger charge is -2.27. The molecule has 3 aromatic rings. The highest BCUT2D eigenvalue weighted by Crippen LogP contribution is 2.28. The third-order valence-corrected chi connectivity index (χ3v) is 5.17. The number of hydrogen-bond acceptors (Lipinski definition) is 5. The average molecular weight is 355 g/mol. The Kier molecular flexibility index (Phi) is 4.67. The summed E-state index contributed by atoms with van der Waals surface area (Å²) in [6.45, 7) is 3.60. The van der Waals surface area contributed by atoms with Gasteiger partial charge in [-0.1, -0.05) is 24.3 Å². The van der Waals surface area contributed by atoms with Crippen LogP contribution in [0.2, 0.25) is 0 Å². The van der Waals surface area contributed by atoms with Crippen molar-refractivity contribution in [2.45, 2.75) is 25.5 Å². The molecule has 2 heterocycles. The molecule has 2 aromatic heterocycles. The molecule has 130 valence electrons. The highest BCUT2D eigenvalue weighted by Gasteiger charge is 2.33. The van der Waals surface area contributed by atoms with Crippen molar-refractivity contribution in [3.8, 4) is 0 Å². The number of rotatable bonds is 6. The van der Waals surface area contributed by atoms with Crippen LogP contribution in [0.25, 0.3) is 5.65 Å². The van der Waals surface area contributed by atoms with Crippen molar-refractivity contribution in [1.29, 1.82) is 0 Å². The van der Waals surface area contributed by atoms with Crippen molar-refractivity contribution >= 4 is 35.8 Å². The highest BCUT2D eigenvalue weighted by atomic mass is 32.1. The minimum Gasteiger partial charge on any atom is -0.369 e. The molecule has 0 spiro atoms. The molecule has 0 aliphatic heterocycles. The predicted molar refractivity (Wildman–Crippen MR) is 102 cm³/mol. The van der Waals surface area contributed by atoms with Gasteiger partial charge >= 0.3 is 0 Å². The number of primary amides is 1. The van der Waals surface area contributed by atoms with E-state index in [1.165, 1.54) is 0 Å². The lowest BCUT2D eigenvalue weighted by atomic mass is 9.85. The molecule has 6 nitrogen and oxygen atoms in total. The van der Waals surface area contributed by atoms with E-state index in [9.17, 15) is 4.79 Å². The second-order valence-electron chi connectivity index (χ2n) is 6.52. The highest BCUT2D eigenvalue weighted by molar-refractivity contribution is 7.81. The van der Waals surface area contributed by atoms with E-state index in [1.807, 2.05) is 48.5 Å². The molecule has 0 saturated heterocycles. The Morgan fingerprint density at radius 2 is 1.96 bits per heavy atom. The first kappa shape index (κ1) is 17.3. The van der Waals surface area contributed by atoms with Crippen LogP contribution < -0.4 is 11.1 Å². The van der Waals surface area contributed by atoms with Crippen LogP contribution in [0, 0.1) is 5.41 Å². The number of nitrogens with one attached hydrogen (secondary N) is 1. The normalized spacial score (nSPS) is 12.9. The maximum atomic E-state index is 11.7. The minimum atomic E-state index is -0.725. The van der Waals surface area contributed by atoms with Crippen LogP contribution in [0.1, 0.15) is 19.5 Å². The van der Waals surface area contributed by atoms with E-state index < -0.39 is 5.41 Å². The number of anilines is 2. The Balaban J connectivity index is 1.88. The lowest BCUT2D eigenvalue weighted by molar-refractivity contribution is -0.125. The summed E-state index contributed by atoms with van der Waals surface area (Å²) in [6.07, 6.45) is 0.546. The summed E-state index contributed by atoms with van der Waals surface area (Å²) in [5.74, 6) is 0.147. The number of para-hydroxylation sites is 1. The largest absolute Gasteiger partial charge is 0.369 e. The second-order valence-corrected chi connectivity index (χ2v) is 7.14. The van der Waals surface area contributed by atoms with E-state index in [0.29, 0.717) is 12.4 Å². The number of nitrogens with zero attached hydrogens (tertiary/aromatic N) is 3. The monoisotopic (exact) mass is 355 g/mol. The average Bonchev–Trinajstić information content (AvgIpc) is 2.99. The fourth-order valence-corrected chi connectivity index (χ4v) is 2.75. The molecule has 25 heavy (non-hydrogen) atoms. The third kappa shape index (κ3) is 3.61. The van der Waals surface area contributed by atoms with Crippen LogP contribution in [0.5, 0.6) is 0 Å². The van der Waals surface area contributed by atoms with Gasteiger partial charge < -0.3 is 11.1 Å². The SMILES string of the molecule is CC(C)(C(N)=O)C(S)Cc1cccc2nc(Nc3ccccc3)nn12. The van der Waals surface area contributed by atoms with Gasteiger partial charge in [0.2, 0.25) is 11.9 Å². The molecule has 7 heteroatoms. The van der Waals surface area contributed by atoms with Gasteiger partial charge in [0.15, 0.2) is 5.65 Å². The van der Waals surface area contributed by atoms with Crippen LogP contribution in [0.4, 0.5) is 11.6 Å². The van der Waals surface area contributed by atoms with E-state index in [0.717, 1.165) is 17.0 Å². The fourth-order valence-electron chi connectivity index (χ4n) is 2.43. The van der Waals surface area contributed by atoms with Gasteiger partial charge in [0.1, 0.15) is 0 Å². The van der Waals surface area contributed by atoms with Crippen LogP contribution in [0.15, 0.2) is 48.5 Å². The van der Waals surface area contributed by atoms with Crippen LogP contribution in [-0.4, -0.2) is 25.8 Å². The zero-order valence-corrected chi connectivity index (χ0v) is 15.1. The smallest absolute Gasteiger partial charge is 0.247 e. The number of aromatic nitrogens is 3. The Hall–Kier alpha value is -2.54. The van der Waals surface area contributed by atoms with Gasteiger partial charge in [0, 0.05) is 23.1 Å². The number of fused-ring (bicyclic) bond motifs is 1. The molecule has 3 rings (SSSR count). The Labute approximate surface area is 151 Å². The lowest BCUT2D eigenvalue weighted by Crippen LogP contribution is -2.40. The first-order valence-electron chi connectivity index (χ1n) is 8.02. The third-order valence-electron chi connectivity index (χ3n) is 4.34. The maximum absolute atomic E-state index is 11.7. The van der Waals surface area contributed by atoms with Crippen molar-refractivity contribution in [3.05, 3.63) is 54.2 Å². The van der Waals surface area contributed by atoms with E-state index in [1.54, 1.807) is 18.4 Å². The molecular formula is C18H21N5OS.